The molecule has 25 heavy (non-hydrogen) atoms. The summed E-state index contributed by atoms with van der Waals surface area (Å²) in [6, 6.07) is 3.42. The Morgan fingerprint density at radius 3 is 2.84 bits per heavy atom. The zero-order valence-corrected chi connectivity index (χ0v) is 13.8. The first-order valence-corrected chi connectivity index (χ1v) is 7.81. The largest absolute Gasteiger partial charge is 0.331 e. The molecule has 9 heteroatoms. The van der Waals surface area contributed by atoms with Gasteiger partial charge < -0.3 is 9.30 Å². The van der Waals surface area contributed by atoms with E-state index < -0.39 is 0 Å². The first kappa shape index (κ1) is 15.3. The Morgan fingerprint density at radius 1 is 1.24 bits per heavy atom. The second-order valence-corrected chi connectivity index (χ2v) is 6.09. The molecule has 3 aromatic rings. The normalized spacial score (nSPS) is 13.4. The number of hydrogen-bond donors (Lipinski definition) is 0. The number of nitrogens with zero attached hydrogens (tertiary/aromatic N) is 6. The van der Waals surface area contributed by atoms with Gasteiger partial charge in [0.1, 0.15) is 24.2 Å². The number of aromatic nitrogens is 5. The molecule has 0 bridgehead atoms. The molecule has 1 aliphatic heterocycles. The molecule has 3 aromatic heterocycles. The molecule has 0 saturated carbocycles. The Hall–Kier alpha value is -3.23. The van der Waals surface area contributed by atoms with Crippen molar-refractivity contribution in [3.8, 4) is 0 Å². The summed E-state index contributed by atoms with van der Waals surface area (Å²) in [7, 11) is 1.66. The molecule has 0 radical (unpaired) electrons. The molecule has 0 spiro atoms. The van der Waals surface area contributed by atoms with Gasteiger partial charge in [0.2, 0.25) is 5.91 Å². The minimum atomic E-state index is -0.331. The van der Waals surface area contributed by atoms with Gasteiger partial charge in [0, 0.05) is 13.2 Å². The summed E-state index contributed by atoms with van der Waals surface area (Å²) in [5.74, 6) is 0.331. The molecule has 4 rings (SSSR count). The molecular formula is C16H16N6O3. The average Bonchev–Trinajstić information content (AvgIpc) is 3.22. The van der Waals surface area contributed by atoms with Crippen LogP contribution in [0.15, 0.2) is 34.2 Å². The quantitative estimate of drug-likeness (QED) is 0.623. The van der Waals surface area contributed by atoms with Crippen LogP contribution in [0.4, 0.5) is 0 Å². The molecule has 1 aliphatic rings. The number of rotatable bonds is 2. The van der Waals surface area contributed by atoms with E-state index >= 15 is 0 Å². The summed E-state index contributed by atoms with van der Waals surface area (Å²) in [6.45, 7) is 2.06. The van der Waals surface area contributed by atoms with Gasteiger partial charge in [-0.2, -0.15) is 5.10 Å². The van der Waals surface area contributed by atoms with Crippen molar-refractivity contribution < 1.29 is 4.79 Å². The molecule has 0 saturated heterocycles. The van der Waals surface area contributed by atoms with Crippen molar-refractivity contribution >= 4 is 11.4 Å². The maximum Gasteiger partial charge on any atom is 0.291 e. The van der Waals surface area contributed by atoms with Gasteiger partial charge >= 0.3 is 0 Å². The predicted octanol–water partition coefficient (Wildman–Crippen LogP) is -0.559. The Morgan fingerprint density at radius 2 is 2.04 bits per heavy atom. The molecule has 0 atom stereocenters. The fourth-order valence-electron chi connectivity index (χ4n) is 3.02. The van der Waals surface area contributed by atoms with Crippen LogP contribution in [0.5, 0.6) is 0 Å². The van der Waals surface area contributed by atoms with E-state index in [9.17, 15) is 14.4 Å². The highest BCUT2D eigenvalue weighted by Crippen LogP contribution is 2.18. The van der Waals surface area contributed by atoms with E-state index in [1.807, 2.05) is 0 Å². The van der Waals surface area contributed by atoms with E-state index in [0.29, 0.717) is 22.6 Å². The van der Waals surface area contributed by atoms with Crippen LogP contribution >= 0.6 is 0 Å². The van der Waals surface area contributed by atoms with Crippen LogP contribution in [0, 0.1) is 6.92 Å². The number of hydrogen-bond acceptors (Lipinski definition) is 5. The first-order chi connectivity index (χ1) is 12.0. The van der Waals surface area contributed by atoms with Crippen LogP contribution < -0.4 is 11.1 Å². The third-order valence-electron chi connectivity index (χ3n) is 4.57. The van der Waals surface area contributed by atoms with E-state index in [1.54, 1.807) is 36.7 Å². The molecule has 0 unspecified atom stereocenters. The van der Waals surface area contributed by atoms with Gasteiger partial charge in [-0.05, 0) is 19.1 Å². The molecule has 0 N–H and O–H groups in total. The fourth-order valence-corrected chi connectivity index (χ4v) is 3.02. The van der Waals surface area contributed by atoms with Crippen LogP contribution in [-0.2, 0) is 31.5 Å². The topological polar surface area (TPSA) is 94.5 Å². The van der Waals surface area contributed by atoms with Crippen molar-refractivity contribution in [3.63, 3.8) is 0 Å². The van der Waals surface area contributed by atoms with Crippen LogP contribution in [0.2, 0.25) is 0 Å². The van der Waals surface area contributed by atoms with E-state index in [-0.39, 0.29) is 36.7 Å². The lowest BCUT2D eigenvalue weighted by atomic mass is 10.2. The Bertz CT molecular complexity index is 1120. The summed E-state index contributed by atoms with van der Waals surface area (Å²) < 4.78 is 4.21. The van der Waals surface area contributed by atoms with Gasteiger partial charge in [0.25, 0.3) is 11.1 Å². The van der Waals surface area contributed by atoms with Crippen molar-refractivity contribution in [2.75, 3.05) is 0 Å². The Balaban J connectivity index is 1.60. The van der Waals surface area contributed by atoms with Gasteiger partial charge in [-0.3, -0.25) is 19.0 Å². The molecule has 0 fully saturated rings. The van der Waals surface area contributed by atoms with Crippen LogP contribution in [0.1, 0.15) is 17.1 Å². The molecule has 0 aromatic carbocycles. The summed E-state index contributed by atoms with van der Waals surface area (Å²) in [5.41, 5.74) is 1.14. The van der Waals surface area contributed by atoms with E-state index in [4.69, 9.17) is 0 Å². The van der Waals surface area contributed by atoms with Gasteiger partial charge in [-0.1, -0.05) is 0 Å². The molecule has 9 nitrogen and oxygen atoms in total. The van der Waals surface area contributed by atoms with Gasteiger partial charge in [0.05, 0.1) is 24.3 Å². The molecule has 128 valence electrons. The van der Waals surface area contributed by atoms with E-state index in [0.717, 1.165) is 4.68 Å². The first-order valence-electron chi connectivity index (χ1n) is 7.81. The number of carbonyl (C=O) groups is 1. The van der Waals surface area contributed by atoms with Crippen LogP contribution in [0.3, 0.4) is 0 Å². The summed E-state index contributed by atoms with van der Waals surface area (Å²) in [6.07, 6.45) is 3.21. The highest BCUT2D eigenvalue weighted by molar-refractivity contribution is 5.76. The number of amides is 1. The number of aryl methyl sites for hydroxylation is 1. The predicted molar refractivity (Wildman–Crippen MR) is 87.9 cm³/mol. The van der Waals surface area contributed by atoms with E-state index in [1.165, 1.54) is 15.8 Å². The molecule has 4 heterocycles. The zero-order valence-electron chi connectivity index (χ0n) is 13.8. The minimum Gasteiger partial charge on any atom is -0.331 e. The van der Waals surface area contributed by atoms with Crippen molar-refractivity contribution in [3.05, 3.63) is 62.4 Å². The summed E-state index contributed by atoms with van der Waals surface area (Å²) in [4.78, 5) is 43.1. The SMILES string of the molecule is Cc1nc2c(c(=O)n1C)CN(C(=O)Cn1ncn3cccc3c1=O)C2. The van der Waals surface area contributed by atoms with Crippen molar-refractivity contribution in [2.24, 2.45) is 7.05 Å². The second-order valence-electron chi connectivity index (χ2n) is 6.09. The third-order valence-corrected chi connectivity index (χ3v) is 4.57. The monoisotopic (exact) mass is 340 g/mol. The highest BCUT2D eigenvalue weighted by atomic mass is 16.2. The number of fused-ring (bicyclic) bond motifs is 2. The molecular weight excluding hydrogens is 324 g/mol. The smallest absolute Gasteiger partial charge is 0.291 e. The van der Waals surface area contributed by atoms with Gasteiger partial charge in [-0.15, -0.1) is 0 Å². The average molecular weight is 340 g/mol. The van der Waals surface area contributed by atoms with Gasteiger partial charge in [-0.25, -0.2) is 9.67 Å². The molecule has 0 aliphatic carbocycles. The van der Waals surface area contributed by atoms with Crippen molar-refractivity contribution in [1.82, 2.24) is 28.6 Å². The Labute approximate surface area is 141 Å². The minimum absolute atomic E-state index is 0.136. The van der Waals surface area contributed by atoms with Crippen LogP contribution in [0.25, 0.3) is 5.52 Å². The van der Waals surface area contributed by atoms with E-state index in [2.05, 4.69) is 10.1 Å². The fraction of sp³-hybridized carbons (Fsp3) is 0.312. The summed E-state index contributed by atoms with van der Waals surface area (Å²) in [5, 5.41) is 4.02. The summed E-state index contributed by atoms with van der Waals surface area (Å²) >= 11 is 0. The molecule has 1 amide bonds. The maximum atomic E-state index is 12.6. The third kappa shape index (κ3) is 2.35. The standard InChI is InChI=1S/C16H16N6O3/c1-10-18-12-7-21(6-11(12)15(24)19(10)2)14(23)8-22-16(25)13-4-3-5-20(13)9-17-22/h3-5,9H,6-8H2,1-2H3. The van der Waals surface area contributed by atoms with Crippen molar-refractivity contribution in [2.45, 2.75) is 26.6 Å². The van der Waals surface area contributed by atoms with Crippen LogP contribution in [-0.4, -0.2) is 34.5 Å². The van der Waals surface area contributed by atoms with Gasteiger partial charge in [0.15, 0.2) is 0 Å². The lowest BCUT2D eigenvalue weighted by Gasteiger charge is -2.15. The lowest BCUT2D eigenvalue weighted by Crippen LogP contribution is -2.35. The highest BCUT2D eigenvalue weighted by Gasteiger charge is 2.28. The Kier molecular flexibility index (Phi) is 3.31. The number of carbonyl (C=O) groups excluding carboxylic acids is 1. The maximum absolute atomic E-state index is 12.6. The lowest BCUT2D eigenvalue weighted by molar-refractivity contribution is -0.132. The second kappa shape index (κ2) is 5.40. The zero-order chi connectivity index (χ0) is 17.7. The van der Waals surface area contributed by atoms with Crippen molar-refractivity contribution in [1.29, 1.82) is 0 Å².